The highest BCUT2D eigenvalue weighted by molar-refractivity contribution is 6.33. The summed E-state index contributed by atoms with van der Waals surface area (Å²) < 4.78 is 0. The molecule has 1 amide bonds. The van der Waals surface area contributed by atoms with Gasteiger partial charge in [-0.05, 0) is 31.7 Å². The summed E-state index contributed by atoms with van der Waals surface area (Å²) in [4.78, 5) is 16.4. The van der Waals surface area contributed by atoms with Crippen molar-refractivity contribution in [2.45, 2.75) is 45.6 Å². The minimum Gasteiger partial charge on any atom is -0.369 e. The molecule has 20 heavy (non-hydrogen) atoms. The molecule has 1 aromatic heterocycles. The maximum atomic E-state index is 12.2. The molecule has 0 radical (unpaired) electrons. The first-order valence-electron chi connectivity index (χ1n) is 7.32. The van der Waals surface area contributed by atoms with Gasteiger partial charge in [0.05, 0.1) is 10.6 Å². The van der Waals surface area contributed by atoms with Crippen molar-refractivity contribution in [1.82, 2.24) is 10.3 Å². The fourth-order valence-corrected chi connectivity index (χ4v) is 2.88. The summed E-state index contributed by atoms with van der Waals surface area (Å²) in [5.41, 5.74) is 0.523. The highest BCUT2D eigenvalue weighted by Crippen LogP contribution is 2.24. The number of pyridine rings is 1. The second-order valence-electron chi connectivity index (χ2n) is 5.43. The topological polar surface area (TPSA) is 54.0 Å². The van der Waals surface area contributed by atoms with Crippen molar-refractivity contribution in [1.29, 1.82) is 0 Å². The van der Waals surface area contributed by atoms with Crippen molar-refractivity contribution in [3.05, 3.63) is 22.8 Å². The van der Waals surface area contributed by atoms with Gasteiger partial charge >= 0.3 is 0 Å². The van der Waals surface area contributed by atoms with Crippen LogP contribution in [0, 0.1) is 5.92 Å². The molecule has 2 unspecified atom stereocenters. The summed E-state index contributed by atoms with van der Waals surface area (Å²) in [5.74, 6) is 1.08. The van der Waals surface area contributed by atoms with Crippen LogP contribution in [0.5, 0.6) is 0 Å². The maximum absolute atomic E-state index is 12.2. The average Bonchev–Trinajstić information content (AvgIpc) is 2.43. The number of hydrogen-bond donors (Lipinski definition) is 2. The predicted molar refractivity (Wildman–Crippen MR) is 82.3 cm³/mol. The lowest BCUT2D eigenvalue weighted by atomic mass is 9.86. The van der Waals surface area contributed by atoms with E-state index in [1.165, 1.54) is 19.3 Å². The van der Waals surface area contributed by atoms with Crippen LogP contribution < -0.4 is 10.6 Å². The lowest BCUT2D eigenvalue weighted by molar-refractivity contribution is 0.0910. The Labute approximate surface area is 125 Å². The van der Waals surface area contributed by atoms with Crippen molar-refractivity contribution in [3.63, 3.8) is 0 Å². The predicted octanol–water partition coefficient (Wildman–Crippen LogP) is 3.48. The van der Waals surface area contributed by atoms with Crippen LogP contribution in [0.2, 0.25) is 5.02 Å². The third-order valence-electron chi connectivity index (χ3n) is 3.88. The van der Waals surface area contributed by atoms with E-state index in [1.54, 1.807) is 12.3 Å². The standard InChI is InChI=1S/C15H22ClN3O/c1-3-17-14-12(16)8-11(9-18-14)15(20)19-13-7-5-4-6-10(13)2/h8-10,13H,3-7H2,1-2H3,(H,17,18)(H,19,20). The fourth-order valence-electron chi connectivity index (χ4n) is 2.64. The Hall–Kier alpha value is -1.29. The van der Waals surface area contributed by atoms with Crippen LogP contribution in [0.1, 0.15) is 49.9 Å². The molecule has 2 N–H and O–H groups in total. The molecule has 0 aromatic carbocycles. The zero-order chi connectivity index (χ0) is 14.5. The van der Waals surface area contributed by atoms with Crippen molar-refractivity contribution >= 4 is 23.3 Å². The Kier molecular flexibility index (Phi) is 5.24. The molecule has 1 aliphatic carbocycles. The number of nitrogens with zero attached hydrogens (tertiary/aromatic N) is 1. The Balaban J connectivity index is 2.03. The minimum atomic E-state index is -0.0822. The van der Waals surface area contributed by atoms with Crippen LogP contribution in [0.4, 0.5) is 5.82 Å². The van der Waals surface area contributed by atoms with Gasteiger partial charge in [0.2, 0.25) is 0 Å². The van der Waals surface area contributed by atoms with Gasteiger partial charge in [0.15, 0.2) is 0 Å². The van der Waals surface area contributed by atoms with E-state index in [-0.39, 0.29) is 11.9 Å². The highest BCUT2D eigenvalue weighted by Gasteiger charge is 2.23. The second kappa shape index (κ2) is 6.93. The smallest absolute Gasteiger partial charge is 0.253 e. The highest BCUT2D eigenvalue weighted by atomic mass is 35.5. The molecule has 1 aliphatic rings. The molecule has 0 spiro atoms. The summed E-state index contributed by atoms with van der Waals surface area (Å²) in [5, 5.41) is 6.64. The van der Waals surface area contributed by atoms with Gasteiger partial charge in [-0.3, -0.25) is 4.79 Å². The van der Waals surface area contributed by atoms with Gasteiger partial charge < -0.3 is 10.6 Å². The van der Waals surface area contributed by atoms with Gasteiger partial charge in [0.1, 0.15) is 5.82 Å². The third-order valence-corrected chi connectivity index (χ3v) is 4.16. The van der Waals surface area contributed by atoms with Crippen LogP contribution in [0.3, 0.4) is 0 Å². The molecule has 1 fully saturated rings. The van der Waals surface area contributed by atoms with Crippen molar-refractivity contribution < 1.29 is 4.79 Å². The van der Waals surface area contributed by atoms with Gasteiger partial charge in [-0.25, -0.2) is 4.98 Å². The van der Waals surface area contributed by atoms with Crippen molar-refractivity contribution in [2.24, 2.45) is 5.92 Å². The Bertz CT molecular complexity index is 478. The molecule has 4 nitrogen and oxygen atoms in total. The average molecular weight is 296 g/mol. The number of anilines is 1. The van der Waals surface area contributed by atoms with Crippen LogP contribution in [0.25, 0.3) is 0 Å². The number of carbonyl (C=O) groups excluding carboxylic acids is 1. The molecule has 2 rings (SSSR count). The van der Waals surface area contributed by atoms with E-state index in [4.69, 9.17) is 11.6 Å². The summed E-state index contributed by atoms with van der Waals surface area (Å²) in [6.07, 6.45) is 6.27. The second-order valence-corrected chi connectivity index (χ2v) is 5.83. The molecule has 0 aliphatic heterocycles. The van der Waals surface area contributed by atoms with Gasteiger partial charge in [-0.1, -0.05) is 31.4 Å². The van der Waals surface area contributed by atoms with Gasteiger partial charge in [0.25, 0.3) is 5.91 Å². The monoisotopic (exact) mass is 295 g/mol. The molecule has 1 saturated carbocycles. The van der Waals surface area contributed by atoms with Crippen LogP contribution >= 0.6 is 11.6 Å². The first-order valence-corrected chi connectivity index (χ1v) is 7.70. The van der Waals surface area contributed by atoms with Crippen LogP contribution in [-0.2, 0) is 0 Å². The maximum Gasteiger partial charge on any atom is 0.253 e. The SMILES string of the molecule is CCNc1ncc(C(=O)NC2CCCCC2C)cc1Cl. The molecular weight excluding hydrogens is 274 g/mol. The number of halogens is 1. The molecule has 5 heteroatoms. The van der Waals surface area contributed by atoms with E-state index in [2.05, 4.69) is 22.5 Å². The van der Waals surface area contributed by atoms with Gasteiger partial charge in [0, 0.05) is 18.8 Å². The van der Waals surface area contributed by atoms with Crippen molar-refractivity contribution in [2.75, 3.05) is 11.9 Å². The molecule has 2 atom stereocenters. The normalized spacial score (nSPS) is 22.4. The van der Waals surface area contributed by atoms with Crippen LogP contribution in [0.15, 0.2) is 12.3 Å². The Morgan fingerprint density at radius 2 is 2.20 bits per heavy atom. The van der Waals surface area contributed by atoms with Crippen molar-refractivity contribution in [3.8, 4) is 0 Å². The molecule has 110 valence electrons. The van der Waals surface area contributed by atoms with Gasteiger partial charge in [-0.15, -0.1) is 0 Å². The van der Waals surface area contributed by atoms with E-state index < -0.39 is 0 Å². The molecule has 1 heterocycles. The lowest BCUT2D eigenvalue weighted by Gasteiger charge is -2.29. The summed E-state index contributed by atoms with van der Waals surface area (Å²) >= 11 is 6.12. The zero-order valence-corrected chi connectivity index (χ0v) is 12.8. The van der Waals surface area contributed by atoms with E-state index in [9.17, 15) is 4.79 Å². The Morgan fingerprint density at radius 1 is 1.45 bits per heavy atom. The number of nitrogens with one attached hydrogen (secondary N) is 2. The zero-order valence-electron chi connectivity index (χ0n) is 12.1. The fraction of sp³-hybridized carbons (Fsp3) is 0.600. The molecule has 0 saturated heterocycles. The summed E-state index contributed by atoms with van der Waals surface area (Å²) in [6.45, 7) is 4.92. The number of hydrogen-bond acceptors (Lipinski definition) is 3. The van der Waals surface area contributed by atoms with E-state index in [0.717, 1.165) is 13.0 Å². The summed E-state index contributed by atoms with van der Waals surface area (Å²) in [6, 6.07) is 1.94. The van der Waals surface area contributed by atoms with Crippen LogP contribution in [-0.4, -0.2) is 23.5 Å². The molecular formula is C15H22ClN3O. The number of carbonyl (C=O) groups is 1. The molecule has 1 aromatic rings. The van der Waals surface area contributed by atoms with Gasteiger partial charge in [-0.2, -0.15) is 0 Å². The summed E-state index contributed by atoms with van der Waals surface area (Å²) in [7, 11) is 0. The number of rotatable bonds is 4. The minimum absolute atomic E-state index is 0.0822. The molecule has 0 bridgehead atoms. The quantitative estimate of drug-likeness (QED) is 0.894. The number of amides is 1. The third kappa shape index (κ3) is 3.63. The largest absolute Gasteiger partial charge is 0.369 e. The number of aromatic nitrogens is 1. The Morgan fingerprint density at radius 3 is 2.85 bits per heavy atom. The van der Waals surface area contributed by atoms with E-state index in [0.29, 0.717) is 22.3 Å². The first kappa shape index (κ1) is 15.1. The first-order chi connectivity index (χ1) is 9.61. The van der Waals surface area contributed by atoms with E-state index >= 15 is 0 Å². The lowest BCUT2D eigenvalue weighted by Crippen LogP contribution is -2.41. The van der Waals surface area contributed by atoms with E-state index in [1.807, 2.05) is 6.92 Å².